The summed E-state index contributed by atoms with van der Waals surface area (Å²) in [6.45, 7) is 6.92. The maximum atomic E-state index is 6.78. The van der Waals surface area contributed by atoms with Gasteiger partial charge in [0, 0.05) is 4.88 Å². The van der Waals surface area contributed by atoms with E-state index in [1.165, 1.54) is 24.1 Å². The summed E-state index contributed by atoms with van der Waals surface area (Å²) in [7, 11) is 0. The Kier molecular flexibility index (Phi) is 3.59. The highest BCUT2D eigenvalue weighted by atomic mass is 35.5. The predicted molar refractivity (Wildman–Crippen MR) is 76.6 cm³/mol. The van der Waals surface area contributed by atoms with Gasteiger partial charge in [-0.15, -0.1) is 11.3 Å². The molecular formula is C14H22ClNS. The van der Waals surface area contributed by atoms with Crippen LogP contribution in [0, 0.1) is 11.3 Å². The average molecular weight is 272 g/mol. The van der Waals surface area contributed by atoms with Crippen LogP contribution in [0.1, 0.15) is 51.3 Å². The van der Waals surface area contributed by atoms with Crippen LogP contribution in [0.2, 0.25) is 4.34 Å². The van der Waals surface area contributed by atoms with E-state index in [0.29, 0.717) is 5.92 Å². The third-order valence-electron chi connectivity index (χ3n) is 4.03. The summed E-state index contributed by atoms with van der Waals surface area (Å²) in [6, 6.07) is 4.10. The van der Waals surface area contributed by atoms with E-state index in [9.17, 15) is 0 Å². The fourth-order valence-electron chi connectivity index (χ4n) is 3.26. The summed E-state index contributed by atoms with van der Waals surface area (Å²) in [6.07, 6.45) is 4.86. The maximum absolute atomic E-state index is 6.78. The van der Waals surface area contributed by atoms with Crippen molar-refractivity contribution in [3.05, 3.63) is 21.3 Å². The van der Waals surface area contributed by atoms with Gasteiger partial charge in [0.15, 0.2) is 0 Å². The van der Waals surface area contributed by atoms with Gasteiger partial charge in [-0.05, 0) is 36.3 Å². The first-order valence-corrected chi connectivity index (χ1v) is 7.58. The summed E-state index contributed by atoms with van der Waals surface area (Å²) in [5, 5.41) is 0. The standard InChI is InChI=1S/C14H22ClNS/c1-13(2,3)10-6-4-5-9-14(10,16)11-7-8-12(15)17-11/h7-8,10H,4-6,9,16H2,1-3H3. The van der Waals surface area contributed by atoms with Gasteiger partial charge in [0.2, 0.25) is 0 Å². The normalized spacial score (nSPS) is 30.5. The molecule has 2 unspecified atom stereocenters. The van der Waals surface area contributed by atoms with Gasteiger partial charge in [-0.25, -0.2) is 0 Å². The van der Waals surface area contributed by atoms with Gasteiger partial charge in [-0.2, -0.15) is 0 Å². The molecule has 17 heavy (non-hydrogen) atoms. The van der Waals surface area contributed by atoms with Gasteiger partial charge in [-0.1, -0.05) is 45.2 Å². The molecule has 0 aromatic carbocycles. The van der Waals surface area contributed by atoms with E-state index in [1.54, 1.807) is 11.3 Å². The molecule has 2 N–H and O–H groups in total. The van der Waals surface area contributed by atoms with E-state index in [2.05, 4.69) is 26.8 Å². The van der Waals surface area contributed by atoms with Crippen molar-refractivity contribution in [3.63, 3.8) is 0 Å². The van der Waals surface area contributed by atoms with Crippen molar-refractivity contribution in [2.75, 3.05) is 0 Å². The number of hydrogen-bond acceptors (Lipinski definition) is 2. The van der Waals surface area contributed by atoms with Crippen molar-refractivity contribution >= 4 is 22.9 Å². The van der Waals surface area contributed by atoms with Crippen LogP contribution < -0.4 is 5.73 Å². The van der Waals surface area contributed by atoms with Crippen LogP contribution in [0.25, 0.3) is 0 Å². The lowest BCUT2D eigenvalue weighted by molar-refractivity contribution is 0.0802. The van der Waals surface area contributed by atoms with Gasteiger partial charge in [0.05, 0.1) is 9.88 Å². The quantitative estimate of drug-likeness (QED) is 0.781. The van der Waals surface area contributed by atoms with Crippen LogP contribution in [0.3, 0.4) is 0 Å². The van der Waals surface area contributed by atoms with Gasteiger partial charge < -0.3 is 5.73 Å². The Hall–Kier alpha value is -0.0500. The van der Waals surface area contributed by atoms with E-state index < -0.39 is 0 Å². The first-order chi connectivity index (χ1) is 7.84. The molecule has 1 nitrogen and oxygen atoms in total. The second kappa shape index (κ2) is 4.56. The Balaban J connectivity index is 2.38. The molecule has 0 radical (unpaired) electrons. The molecular weight excluding hydrogens is 250 g/mol. The van der Waals surface area contributed by atoms with Crippen molar-refractivity contribution in [3.8, 4) is 0 Å². The minimum absolute atomic E-state index is 0.172. The summed E-state index contributed by atoms with van der Waals surface area (Å²) >= 11 is 7.72. The smallest absolute Gasteiger partial charge is 0.0931 e. The highest BCUT2D eigenvalue weighted by Gasteiger charge is 2.45. The average Bonchev–Trinajstić information content (AvgIpc) is 2.64. The van der Waals surface area contributed by atoms with Gasteiger partial charge in [0.25, 0.3) is 0 Å². The second-order valence-electron chi connectivity index (χ2n) is 6.31. The molecule has 3 heteroatoms. The number of rotatable bonds is 1. The van der Waals surface area contributed by atoms with Crippen molar-refractivity contribution in [2.45, 2.75) is 52.0 Å². The topological polar surface area (TPSA) is 26.0 Å². The summed E-state index contributed by atoms with van der Waals surface area (Å²) < 4.78 is 0.850. The van der Waals surface area contributed by atoms with Crippen molar-refractivity contribution in [2.24, 2.45) is 17.1 Å². The van der Waals surface area contributed by atoms with Crippen molar-refractivity contribution in [1.82, 2.24) is 0 Å². The van der Waals surface area contributed by atoms with E-state index >= 15 is 0 Å². The lowest BCUT2D eigenvalue weighted by atomic mass is 9.62. The Labute approximate surface area is 113 Å². The minimum atomic E-state index is -0.172. The van der Waals surface area contributed by atoms with E-state index in [0.717, 1.165) is 10.8 Å². The number of thiophene rings is 1. The molecule has 1 aromatic rings. The Morgan fingerprint density at radius 2 is 2.06 bits per heavy atom. The van der Waals surface area contributed by atoms with Crippen molar-refractivity contribution < 1.29 is 0 Å². The molecule has 0 aliphatic heterocycles. The molecule has 0 saturated heterocycles. The number of halogens is 1. The van der Waals surface area contributed by atoms with Crippen LogP contribution >= 0.6 is 22.9 Å². The molecule has 1 fully saturated rings. The Bertz CT molecular complexity index is 393. The van der Waals surface area contributed by atoms with Crippen molar-refractivity contribution in [1.29, 1.82) is 0 Å². The zero-order valence-electron chi connectivity index (χ0n) is 10.9. The molecule has 1 heterocycles. The monoisotopic (exact) mass is 271 g/mol. The highest BCUT2D eigenvalue weighted by Crippen LogP contribution is 2.50. The fourth-order valence-corrected chi connectivity index (χ4v) is 4.49. The lowest BCUT2D eigenvalue weighted by Gasteiger charge is -2.47. The molecule has 0 bridgehead atoms. The molecule has 0 spiro atoms. The molecule has 1 aromatic heterocycles. The van der Waals surface area contributed by atoms with Crippen LogP contribution in [0.15, 0.2) is 12.1 Å². The first-order valence-electron chi connectivity index (χ1n) is 6.39. The van der Waals surface area contributed by atoms with Gasteiger partial charge in [0.1, 0.15) is 0 Å². The van der Waals surface area contributed by atoms with Crippen LogP contribution in [-0.4, -0.2) is 0 Å². The lowest BCUT2D eigenvalue weighted by Crippen LogP contribution is -2.50. The first kappa shape index (κ1) is 13.4. The molecule has 2 atom stereocenters. The fraction of sp³-hybridized carbons (Fsp3) is 0.714. The SMILES string of the molecule is CC(C)(C)C1CCCCC1(N)c1ccc(Cl)s1. The third kappa shape index (κ3) is 2.54. The summed E-state index contributed by atoms with van der Waals surface area (Å²) in [5.74, 6) is 0.540. The van der Waals surface area contributed by atoms with Gasteiger partial charge in [-0.3, -0.25) is 0 Å². The second-order valence-corrected chi connectivity index (χ2v) is 8.02. The predicted octanol–water partition coefficient (Wildman–Crippen LogP) is 4.79. The Morgan fingerprint density at radius 3 is 2.59 bits per heavy atom. The number of nitrogens with two attached hydrogens (primary N) is 1. The van der Waals surface area contributed by atoms with E-state index in [-0.39, 0.29) is 11.0 Å². The third-order valence-corrected chi connectivity index (χ3v) is 5.46. The Morgan fingerprint density at radius 1 is 1.35 bits per heavy atom. The minimum Gasteiger partial charge on any atom is -0.320 e. The highest BCUT2D eigenvalue weighted by molar-refractivity contribution is 7.16. The molecule has 1 aliphatic carbocycles. The summed E-state index contributed by atoms with van der Waals surface area (Å²) in [4.78, 5) is 1.27. The van der Waals surface area contributed by atoms with E-state index in [4.69, 9.17) is 17.3 Å². The molecule has 1 aliphatic rings. The summed E-state index contributed by atoms with van der Waals surface area (Å²) in [5.41, 5.74) is 6.86. The van der Waals surface area contributed by atoms with Crippen LogP contribution in [-0.2, 0) is 5.54 Å². The maximum Gasteiger partial charge on any atom is 0.0931 e. The molecule has 1 saturated carbocycles. The largest absolute Gasteiger partial charge is 0.320 e. The van der Waals surface area contributed by atoms with Crippen LogP contribution in [0.5, 0.6) is 0 Å². The number of hydrogen-bond donors (Lipinski definition) is 1. The van der Waals surface area contributed by atoms with Gasteiger partial charge >= 0.3 is 0 Å². The zero-order valence-corrected chi connectivity index (χ0v) is 12.5. The molecule has 0 amide bonds. The zero-order chi connectivity index (χ0) is 12.7. The molecule has 2 rings (SSSR count). The van der Waals surface area contributed by atoms with Crippen LogP contribution in [0.4, 0.5) is 0 Å². The van der Waals surface area contributed by atoms with E-state index in [1.807, 2.05) is 6.07 Å². The molecule has 96 valence electrons.